The molecule has 2 fully saturated rings. The number of amides is 7. The van der Waals surface area contributed by atoms with Crippen molar-refractivity contribution in [2.24, 2.45) is 17.8 Å². The van der Waals surface area contributed by atoms with Crippen molar-refractivity contribution in [1.29, 1.82) is 0 Å². The fourth-order valence-electron chi connectivity index (χ4n) is 7.98. The van der Waals surface area contributed by atoms with Crippen LogP contribution in [-0.4, -0.2) is 155 Å². The highest BCUT2D eigenvalue weighted by atomic mass is 16.6. The fraction of sp³-hybridized carbons (Fsp3) is 0.540. The quantitative estimate of drug-likeness (QED) is 0.119. The van der Waals surface area contributed by atoms with E-state index in [2.05, 4.69) is 31.9 Å². The summed E-state index contributed by atoms with van der Waals surface area (Å²) in [5, 5.41) is 36.9. The summed E-state index contributed by atoms with van der Waals surface area (Å²) in [6.45, 7) is 10.6. The standard InChI is InChI=1S/C50H67N7O15/c1-25(2)38-45(64)56-41-32-15-17-33(18-16-32)72-30(8)50(24-70-50)20-19-36(59)51-22-37(60)69-23-34(49(68)71-29(7)40(47(66)53-38)55-43(62)27(5)42(61)26(3)4)52-46(65)39(28(6)58)54-44(63)35(57(9)48(41)67)21-31-13-11-10-12-14-31/h10-20,25-30,34-35,38-42,58,61H,21-24H2,1-9H3,(H,51,59)(H,52,65)(H,53,66)(H,54,63)(H,55,62)(H,56,64)/t27-,28+,29-,30-,34+,35+,38-,39-,40+,41+,42-,50+/m1/s1. The molecule has 2 saturated heterocycles. The van der Waals surface area contributed by atoms with E-state index in [1.807, 2.05) is 0 Å². The number of ether oxygens (including phenoxy) is 4. The summed E-state index contributed by atoms with van der Waals surface area (Å²) in [7, 11) is 1.32. The van der Waals surface area contributed by atoms with E-state index in [0.29, 0.717) is 11.3 Å². The van der Waals surface area contributed by atoms with E-state index in [-0.39, 0.29) is 18.6 Å². The molecule has 4 heterocycles. The number of likely N-dealkylation sites (N-methyl/N-ethyl adjacent to an activating group) is 1. The van der Waals surface area contributed by atoms with Gasteiger partial charge in [0.25, 0.3) is 0 Å². The van der Waals surface area contributed by atoms with Crippen LogP contribution in [0.1, 0.15) is 72.6 Å². The van der Waals surface area contributed by atoms with Crippen LogP contribution in [0.5, 0.6) is 5.75 Å². The number of benzene rings is 2. The van der Waals surface area contributed by atoms with Crippen molar-refractivity contribution >= 4 is 53.3 Å². The number of nitrogens with one attached hydrogen (secondary N) is 6. The average molecular weight is 1010 g/mol. The van der Waals surface area contributed by atoms with E-state index in [4.69, 9.17) is 18.9 Å². The number of hydrogen-bond donors (Lipinski definition) is 8. The van der Waals surface area contributed by atoms with Crippen LogP contribution in [0.25, 0.3) is 0 Å². The number of esters is 2. The third-order valence-corrected chi connectivity index (χ3v) is 12.8. The minimum absolute atomic E-state index is 0.142. The van der Waals surface area contributed by atoms with Crippen molar-refractivity contribution in [3.63, 3.8) is 0 Å². The Balaban J connectivity index is 1.71. The summed E-state index contributed by atoms with van der Waals surface area (Å²) < 4.78 is 22.9. The van der Waals surface area contributed by atoms with Crippen molar-refractivity contribution in [1.82, 2.24) is 36.8 Å². The van der Waals surface area contributed by atoms with Gasteiger partial charge in [-0.2, -0.15) is 0 Å². The molecule has 0 radical (unpaired) electrons. The average Bonchev–Trinajstić information content (AvgIpc) is 4.14. The molecule has 22 heteroatoms. The number of epoxide rings is 1. The van der Waals surface area contributed by atoms with Crippen LogP contribution < -0.4 is 36.6 Å². The minimum atomic E-state index is -1.94. The Labute approximate surface area is 417 Å². The van der Waals surface area contributed by atoms with E-state index >= 15 is 4.79 Å². The highest BCUT2D eigenvalue weighted by molar-refractivity contribution is 5.98. The lowest BCUT2D eigenvalue weighted by Gasteiger charge is -2.33. The number of carbonyl (C=O) groups excluding carboxylic acids is 9. The van der Waals surface area contributed by atoms with E-state index < -0.39 is 150 Å². The summed E-state index contributed by atoms with van der Waals surface area (Å²) in [5.41, 5.74) is -0.255. The van der Waals surface area contributed by atoms with Crippen LogP contribution in [0.4, 0.5) is 0 Å². The molecule has 0 unspecified atom stereocenters. The van der Waals surface area contributed by atoms with Crippen LogP contribution in [0.15, 0.2) is 66.7 Å². The van der Waals surface area contributed by atoms with E-state index in [9.17, 15) is 48.6 Å². The molecule has 4 aliphatic heterocycles. The summed E-state index contributed by atoms with van der Waals surface area (Å²) in [4.78, 5) is 128. The smallest absolute Gasteiger partial charge is 0.332 e. The molecule has 72 heavy (non-hydrogen) atoms. The SMILES string of the molecule is CC(C)[C@@H](O)[C@@H](C)C(=O)N[C@@H]1C(=O)N[C@H](C(C)C)C(=O)N[C@@H]2C(=O)N(C)[C@@H](Cc3ccccc3)C(=O)N[C@H]([C@H](C)O)C(=O)N[C@@H](COC(=O)CNC(=O)C=C[C@]3(CO3)[C@@H](C)Oc3ccc2cc3)C(=O)O[C@@H]1C. The summed E-state index contributed by atoms with van der Waals surface area (Å²) in [6, 6.07) is 4.64. The van der Waals surface area contributed by atoms with Crippen LogP contribution >= 0.6 is 0 Å². The van der Waals surface area contributed by atoms with Crippen LogP contribution in [0.2, 0.25) is 0 Å². The number of carbonyl (C=O) groups is 9. The first kappa shape index (κ1) is 56.0. The van der Waals surface area contributed by atoms with E-state index in [1.165, 1.54) is 58.2 Å². The van der Waals surface area contributed by atoms with Gasteiger partial charge in [0.2, 0.25) is 41.4 Å². The second-order valence-electron chi connectivity index (χ2n) is 19.1. The summed E-state index contributed by atoms with van der Waals surface area (Å²) >= 11 is 0. The Morgan fingerprint density at radius 2 is 1.43 bits per heavy atom. The molecule has 4 bridgehead atoms. The molecule has 0 aromatic heterocycles. The largest absolute Gasteiger partial charge is 0.487 e. The van der Waals surface area contributed by atoms with Crippen molar-refractivity contribution in [2.45, 2.75) is 128 Å². The van der Waals surface area contributed by atoms with Gasteiger partial charge >= 0.3 is 11.9 Å². The van der Waals surface area contributed by atoms with Crippen LogP contribution in [0, 0.1) is 17.8 Å². The number of rotatable bonds is 8. The Morgan fingerprint density at radius 1 is 0.806 bits per heavy atom. The molecule has 8 N–H and O–H groups in total. The molecule has 0 saturated carbocycles. The zero-order valence-electron chi connectivity index (χ0n) is 41.8. The third kappa shape index (κ3) is 14.4. The van der Waals surface area contributed by atoms with Crippen molar-refractivity contribution in [3.8, 4) is 5.75 Å². The van der Waals surface area contributed by atoms with Gasteiger partial charge in [0, 0.05) is 19.5 Å². The first-order chi connectivity index (χ1) is 33.9. The molecule has 7 amide bonds. The number of fused-ring (bicyclic) bond motifs is 9. The van der Waals surface area contributed by atoms with Crippen molar-refractivity contribution < 1.29 is 72.3 Å². The second-order valence-corrected chi connectivity index (χ2v) is 19.1. The molecular formula is C50H67N7O15. The lowest BCUT2D eigenvalue weighted by molar-refractivity contribution is -0.160. The minimum Gasteiger partial charge on any atom is -0.487 e. The maximum atomic E-state index is 15.1. The molecule has 4 aliphatic rings. The Hall–Kier alpha value is -6.91. The maximum Gasteiger partial charge on any atom is 0.332 e. The van der Waals surface area contributed by atoms with Crippen molar-refractivity contribution in [2.75, 3.05) is 26.8 Å². The number of cyclic esters (lactones) is 1. The molecule has 2 aromatic rings. The second kappa shape index (κ2) is 24.5. The Bertz CT molecular complexity index is 2340. The molecule has 392 valence electrons. The van der Waals surface area contributed by atoms with Gasteiger partial charge in [-0.3, -0.25) is 38.4 Å². The Kier molecular flexibility index (Phi) is 19.0. The van der Waals surface area contributed by atoms with Gasteiger partial charge < -0.3 is 66.0 Å². The first-order valence-corrected chi connectivity index (χ1v) is 23.8. The van der Waals surface area contributed by atoms with Gasteiger partial charge in [0.15, 0.2) is 6.04 Å². The van der Waals surface area contributed by atoms with Gasteiger partial charge in [0.05, 0.1) is 24.7 Å². The third-order valence-electron chi connectivity index (χ3n) is 12.8. The lowest BCUT2D eigenvalue weighted by atomic mass is 9.93. The lowest BCUT2D eigenvalue weighted by Crippen LogP contribution is -2.61. The predicted octanol–water partition coefficient (Wildman–Crippen LogP) is -0.747. The number of hydrogen-bond acceptors (Lipinski definition) is 15. The molecule has 1 spiro atoms. The number of aliphatic hydroxyl groups is 2. The topological polar surface area (TPSA) is 310 Å². The highest BCUT2D eigenvalue weighted by Gasteiger charge is 2.49. The monoisotopic (exact) mass is 1010 g/mol. The van der Waals surface area contributed by atoms with Gasteiger partial charge in [-0.15, -0.1) is 0 Å². The molecule has 12 atom stereocenters. The summed E-state index contributed by atoms with van der Waals surface area (Å²) in [6.07, 6.45) is -2.69. The summed E-state index contributed by atoms with van der Waals surface area (Å²) in [5.74, 6) is -10.8. The van der Waals surface area contributed by atoms with Gasteiger partial charge in [0.1, 0.15) is 66.9 Å². The normalized spacial score (nSPS) is 28.7. The van der Waals surface area contributed by atoms with E-state index in [1.54, 1.807) is 65.0 Å². The first-order valence-electron chi connectivity index (χ1n) is 23.8. The molecule has 2 aromatic carbocycles. The maximum absolute atomic E-state index is 15.1. The number of aliphatic hydroxyl groups excluding tert-OH is 2. The Morgan fingerprint density at radius 3 is 2.03 bits per heavy atom. The zero-order chi connectivity index (χ0) is 53.2. The highest BCUT2D eigenvalue weighted by Crippen LogP contribution is 2.35. The zero-order valence-corrected chi connectivity index (χ0v) is 41.8. The molecule has 0 aliphatic carbocycles. The molecule has 22 nitrogen and oxygen atoms in total. The van der Waals surface area contributed by atoms with Gasteiger partial charge in [-0.05, 0) is 61.9 Å². The predicted molar refractivity (Wildman–Crippen MR) is 256 cm³/mol. The van der Waals surface area contributed by atoms with Crippen molar-refractivity contribution in [3.05, 3.63) is 77.9 Å². The fourth-order valence-corrected chi connectivity index (χ4v) is 7.98. The van der Waals surface area contributed by atoms with E-state index in [0.717, 1.165) is 11.0 Å². The molecular weight excluding hydrogens is 939 g/mol. The van der Waals surface area contributed by atoms with Crippen LogP contribution in [0.3, 0.4) is 0 Å². The van der Waals surface area contributed by atoms with Gasteiger partial charge in [-0.25, -0.2) is 4.79 Å². The van der Waals surface area contributed by atoms with Crippen LogP contribution in [-0.2, 0) is 63.8 Å². The molecule has 6 rings (SSSR count). The number of nitrogens with zero attached hydrogens (tertiary/aromatic N) is 1. The van der Waals surface area contributed by atoms with Gasteiger partial charge in [-0.1, -0.05) is 77.1 Å².